The van der Waals surface area contributed by atoms with Crippen molar-refractivity contribution in [3.8, 4) is 0 Å². The van der Waals surface area contributed by atoms with E-state index in [2.05, 4.69) is 10.0 Å². The highest BCUT2D eigenvalue weighted by Crippen LogP contribution is 2.39. The first-order chi connectivity index (χ1) is 19.2. The summed E-state index contributed by atoms with van der Waals surface area (Å²) in [4.78, 5) is 27.4. The van der Waals surface area contributed by atoms with E-state index in [1.54, 1.807) is 36.0 Å². The third-order valence-electron chi connectivity index (χ3n) is 6.76. The molecule has 0 unspecified atom stereocenters. The van der Waals surface area contributed by atoms with Crippen LogP contribution in [0.2, 0.25) is 0 Å². The zero-order valence-corrected chi connectivity index (χ0v) is 23.8. The molecule has 4 aromatic carbocycles. The molecule has 2 amide bonds. The second-order valence-electron chi connectivity index (χ2n) is 9.64. The molecule has 40 heavy (non-hydrogen) atoms. The minimum absolute atomic E-state index is 0.0929. The number of hydrogen-bond acceptors (Lipinski definition) is 5. The highest BCUT2D eigenvalue weighted by atomic mass is 32.2. The summed E-state index contributed by atoms with van der Waals surface area (Å²) in [5.41, 5.74) is 5.19. The van der Waals surface area contributed by atoms with Gasteiger partial charge in [0.05, 0.1) is 16.3 Å². The van der Waals surface area contributed by atoms with Gasteiger partial charge in [0, 0.05) is 17.8 Å². The van der Waals surface area contributed by atoms with Crippen LogP contribution in [0, 0.1) is 13.8 Å². The fourth-order valence-corrected chi connectivity index (χ4v) is 6.96. The molecule has 204 valence electrons. The molecule has 0 aliphatic carbocycles. The molecule has 1 fully saturated rings. The number of amides is 2. The number of aryl methyl sites for hydroxylation is 2. The summed E-state index contributed by atoms with van der Waals surface area (Å²) in [6, 6.07) is 28.7. The van der Waals surface area contributed by atoms with Gasteiger partial charge in [0.1, 0.15) is 5.37 Å². The fraction of sp³-hybridized carbons (Fsp3) is 0.161. The minimum atomic E-state index is -3.79. The Labute approximate surface area is 238 Å². The van der Waals surface area contributed by atoms with E-state index in [4.69, 9.17) is 0 Å². The second kappa shape index (κ2) is 11.6. The number of anilines is 2. The summed E-state index contributed by atoms with van der Waals surface area (Å²) in [5, 5.41) is 2.70. The number of thioether (sulfide) groups is 1. The normalized spacial score (nSPS) is 15.2. The highest BCUT2D eigenvalue weighted by Gasteiger charge is 2.32. The average molecular weight is 572 g/mol. The molecule has 1 atom stereocenters. The molecule has 0 radical (unpaired) electrons. The first kappa shape index (κ1) is 27.5. The molecule has 5 rings (SSSR count). The summed E-state index contributed by atoms with van der Waals surface area (Å²) >= 11 is 1.57. The van der Waals surface area contributed by atoms with E-state index in [0.717, 1.165) is 22.3 Å². The summed E-state index contributed by atoms with van der Waals surface area (Å²) in [7, 11) is -3.79. The smallest absolute Gasteiger partial charge is 0.261 e. The lowest BCUT2D eigenvalue weighted by atomic mass is 10.1. The quantitative estimate of drug-likeness (QED) is 0.265. The topological polar surface area (TPSA) is 95.6 Å². The van der Waals surface area contributed by atoms with Crippen LogP contribution in [0.5, 0.6) is 0 Å². The summed E-state index contributed by atoms with van der Waals surface area (Å²) in [6.45, 7) is 4.23. The molecular weight excluding hydrogens is 542 g/mol. The number of benzene rings is 4. The van der Waals surface area contributed by atoms with E-state index in [9.17, 15) is 18.0 Å². The second-order valence-corrected chi connectivity index (χ2v) is 12.4. The molecule has 2 N–H and O–H groups in total. The van der Waals surface area contributed by atoms with Crippen LogP contribution >= 0.6 is 11.8 Å². The maximum absolute atomic E-state index is 12.9. The maximum atomic E-state index is 12.9. The van der Waals surface area contributed by atoms with Gasteiger partial charge in [-0.15, -0.1) is 11.8 Å². The van der Waals surface area contributed by atoms with Crippen LogP contribution in [0.4, 0.5) is 11.4 Å². The van der Waals surface area contributed by atoms with Gasteiger partial charge in [0.15, 0.2) is 0 Å². The van der Waals surface area contributed by atoms with Gasteiger partial charge < -0.3 is 10.2 Å². The van der Waals surface area contributed by atoms with Crippen LogP contribution in [0.3, 0.4) is 0 Å². The third-order valence-corrected chi connectivity index (χ3v) is 9.38. The lowest BCUT2D eigenvalue weighted by Crippen LogP contribution is -2.27. The number of hydrogen-bond donors (Lipinski definition) is 2. The summed E-state index contributed by atoms with van der Waals surface area (Å²) in [5.74, 6) is 0.202. The SMILES string of the molecule is Cc1cccc(C)c1NS(=O)(=O)c1ccc(NC(=O)c2ccc([C@H]3SCC(=O)N3Cc3ccccc3)cc2)cc1. The van der Waals surface area contributed by atoms with Gasteiger partial charge in [0.25, 0.3) is 15.9 Å². The lowest BCUT2D eigenvalue weighted by molar-refractivity contribution is -0.128. The van der Waals surface area contributed by atoms with Crippen molar-refractivity contribution in [3.05, 3.63) is 125 Å². The van der Waals surface area contributed by atoms with Crippen molar-refractivity contribution in [2.75, 3.05) is 15.8 Å². The monoisotopic (exact) mass is 571 g/mol. The number of nitrogens with zero attached hydrogens (tertiary/aromatic N) is 1. The average Bonchev–Trinajstić information content (AvgIpc) is 3.31. The van der Waals surface area contributed by atoms with Crippen LogP contribution in [-0.4, -0.2) is 30.9 Å². The Hall–Kier alpha value is -4.08. The molecule has 0 spiro atoms. The van der Waals surface area contributed by atoms with E-state index >= 15 is 0 Å². The van der Waals surface area contributed by atoms with Crippen LogP contribution in [0.25, 0.3) is 0 Å². The van der Waals surface area contributed by atoms with Crippen LogP contribution in [0.1, 0.15) is 38.0 Å². The van der Waals surface area contributed by atoms with Gasteiger partial charge in [-0.05, 0) is 72.5 Å². The Morgan fingerprint density at radius 2 is 1.52 bits per heavy atom. The molecule has 1 aliphatic rings. The Kier molecular flexibility index (Phi) is 7.95. The maximum Gasteiger partial charge on any atom is 0.261 e. The fourth-order valence-electron chi connectivity index (χ4n) is 4.57. The van der Waals surface area contributed by atoms with Crippen LogP contribution in [-0.2, 0) is 21.4 Å². The van der Waals surface area contributed by atoms with E-state index in [1.165, 1.54) is 12.1 Å². The van der Waals surface area contributed by atoms with Gasteiger partial charge in [-0.25, -0.2) is 8.42 Å². The lowest BCUT2D eigenvalue weighted by Gasteiger charge is -2.24. The minimum Gasteiger partial charge on any atom is -0.322 e. The molecule has 1 saturated heterocycles. The van der Waals surface area contributed by atoms with Crippen LogP contribution < -0.4 is 10.0 Å². The molecule has 1 aliphatic heterocycles. The number of nitrogens with one attached hydrogen (secondary N) is 2. The largest absolute Gasteiger partial charge is 0.322 e. The van der Waals surface area contributed by atoms with Gasteiger partial charge in [-0.1, -0.05) is 60.7 Å². The van der Waals surface area contributed by atoms with Crippen molar-refractivity contribution in [2.45, 2.75) is 30.7 Å². The van der Waals surface area contributed by atoms with E-state index in [0.29, 0.717) is 29.2 Å². The predicted molar refractivity (Wildman–Crippen MR) is 160 cm³/mol. The predicted octanol–water partition coefficient (Wildman–Crippen LogP) is 6.13. The molecule has 1 heterocycles. The van der Waals surface area contributed by atoms with E-state index < -0.39 is 10.0 Å². The molecular formula is C31H29N3O4S2. The first-order valence-electron chi connectivity index (χ1n) is 12.8. The number of carbonyl (C=O) groups is 2. The van der Waals surface area contributed by atoms with E-state index in [1.807, 2.05) is 79.4 Å². The Bertz CT molecular complexity index is 1620. The molecule has 9 heteroatoms. The zero-order valence-electron chi connectivity index (χ0n) is 22.1. The number of carbonyl (C=O) groups excluding carboxylic acids is 2. The zero-order chi connectivity index (χ0) is 28.3. The van der Waals surface area contributed by atoms with Gasteiger partial charge in [0.2, 0.25) is 5.91 Å². The van der Waals surface area contributed by atoms with Crippen molar-refractivity contribution in [2.24, 2.45) is 0 Å². The first-order valence-corrected chi connectivity index (χ1v) is 15.3. The highest BCUT2D eigenvalue weighted by molar-refractivity contribution is 8.00. The van der Waals surface area contributed by atoms with Crippen molar-refractivity contribution >= 4 is 45.0 Å². The van der Waals surface area contributed by atoms with Gasteiger partial charge in [-0.3, -0.25) is 14.3 Å². The Balaban J connectivity index is 1.24. The van der Waals surface area contributed by atoms with Crippen molar-refractivity contribution < 1.29 is 18.0 Å². The third kappa shape index (κ3) is 6.05. The Morgan fingerprint density at radius 1 is 0.875 bits per heavy atom. The molecule has 7 nitrogen and oxygen atoms in total. The molecule has 0 aromatic heterocycles. The van der Waals surface area contributed by atoms with Crippen molar-refractivity contribution in [3.63, 3.8) is 0 Å². The van der Waals surface area contributed by atoms with Crippen LogP contribution in [0.15, 0.2) is 102 Å². The summed E-state index contributed by atoms with van der Waals surface area (Å²) < 4.78 is 28.5. The number of sulfonamides is 1. The molecule has 0 bridgehead atoms. The van der Waals surface area contributed by atoms with Crippen molar-refractivity contribution in [1.29, 1.82) is 0 Å². The van der Waals surface area contributed by atoms with Gasteiger partial charge >= 0.3 is 0 Å². The van der Waals surface area contributed by atoms with Gasteiger partial charge in [-0.2, -0.15) is 0 Å². The molecule has 0 saturated carbocycles. The standard InChI is InChI=1S/C31H29N3O4S2/c1-21-7-6-8-22(2)29(21)33-40(37,38)27-17-15-26(16-18-27)32-30(36)24-11-13-25(14-12-24)31-34(28(35)20-39-31)19-23-9-4-3-5-10-23/h3-18,31,33H,19-20H2,1-2H3,(H,32,36)/t31-/m1/s1. The summed E-state index contributed by atoms with van der Waals surface area (Å²) in [6.07, 6.45) is 0. The number of para-hydroxylation sites is 1. The number of rotatable bonds is 8. The molecule has 4 aromatic rings. The van der Waals surface area contributed by atoms with Crippen molar-refractivity contribution in [1.82, 2.24) is 4.90 Å². The van der Waals surface area contributed by atoms with E-state index in [-0.39, 0.29) is 22.1 Å². The Morgan fingerprint density at radius 3 is 2.17 bits per heavy atom.